The molecule has 1 saturated carbocycles. The molecule has 1 aromatic carbocycles. The van der Waals surface area contributed by atoms with Crippen molar-refractivity contribution in [2.45, 2.75) is 33.6 Å². The van der Waals surface area contributed by atoms with Gasteiger partial charge in [-0.25, -0.2) is 0 Å². The molecule has 20 heavy (non-hydrogen) atoms. The summed E-state index contributed by atoms with van der Waals surface area (Å²) in [5, 5.41) is 19.0. The second-order valence-electron chi connectivity index (χ2n) is 5.73. The zero-order chi connectivity index (χ0) is 14.9. The number of hydrogen-bond donors (Lipinski definition) is 1. The molecule has 106 valence electrons. The summed E-state index contributed by atoms with van der Waals surface area (Å²) in [7, 11) is 0. The first-order valence-corrected chi connectivity index (χ1v) is 6.96. The van der Waals surface area contributed by atoms with Crippen LogP contribution >= 0.6 is 0 Å². The Morgan fingerprint density at radius 1 is 1.55 bits per heavy atom. The Morgan fingerprint density at radius 2 is 2.20 bits per heavy atom. The molecule has 0 atom stereocenters. The average molecular weight is 272 g/mol. The number of phenols is 1. The zero-order valence-corrected chi connectivity index (χ0v) is 12.2. The van der Waals surface area contributed by atoms with Crippen LogP contribution in [0.15, 0.2) is 18.2 Å². The van der Waals surface area contributed by atoms with Crippen molar-refractivity contribution in [3.8, 4) is 11.8 Å². The fourth-order valence-corrected chi connectivity index (χ4v) is 3.01. The van der Waals surface area contributed by atoms with Gasteiger partial charge in [0.2, 0.25) is 5.91 Å². The molecule has 0 unspecified atom stereocenters. The highest BCUT2D eigenvalue weighted by Crippen LogP contribution is 2.47. The van der Waals surface area contributed by atoms with Crippen molar-refractivity contribution in [1.29, 1.82) is 5.26 Å². The van der Waals surface area contributed by atoms with E-state index < -0.39 is 5.41 Å². The summed E-state index contributed by atoms with van der Waals surface area (Å²) in [5.74, 6) is 0.404. The van der Waals surface area contributed by atoms with Crippen LogP contribution in [-0.2, 0) is 4.79 Å². The van der Waals surface area contributed by atoms with Crippen molar-refractivity contribution in [2.75, 3.05) is 11.4 Å². The predicted molar refractivity (Wildman–Crippen MR) is 77.3 cm³/mol. The van der Waals surface area contributed by atoms with Gasteiger partial charge in [-0.15, -0.1) is 0 Å². The predicted octanol–water partition coefficient (Wildman–Crippen LogP) is 2.99. The summed E-state index contributed by atoms with van der Waals surface area (Å²) >= 11 is 0. The quantitative estimate of drug-likeness (QED) is 0.920. The van der Waals surface area contributed by atoms with Gasteiger partial charge in [-0.3, -0.25) is 4.79 Å². The lowest BCUT2D eigenvalue weighted by Gasteiger charge is -2.42. The van der Waals surface area contributed by atoms with Gasteiger partial charge in [0.1, 0.15) is 11.2 Å². The van der Waals surface area contributed by atoms with E-state index in [1.165, 1.54) is 0 Å². The molecule has 4 nitrogen and oxygen atoms in total. The Hall–Kier alpha value is -2.02. The number of carbonyl (C=O) groups excluding carboxylic acids is 1. The monoisotopic (exact) mass is 272 g/mol. The molecule has 0 heterocycles. The third-order valence-corrected chi connectivity index (χ3v) is 4.06. The molecule has 0 bridgehead atoms. The summed E-state index contributed by atoms with van der Waals surface area (Å²) < 4.78 is 0. The van der Waals surface area contributed by atoms with E-state index in [2.05, 4.69) is 13.0 Å². The SMILES string of the molecule is CCN(C(=O)C1(C#N)CC(C)C1)c1cc(O)ccc1C. The summed E-state index contributed by atoms with van der Waals surface area (Å²) in [6.07, 6.45) is 1.24. The molecule has 4 heteroatoms. The largest absolute Gasteiger partial charge is 0.508 e. The molecule has 0 spiro atoms. The van der Waals surface area contributed by atoms with Crippen molar-refractivity contribution in [3.63, 3.8) is 0 Å². The molecule has 1 fully saturated rings. The fourth-order valence-electron chi connectivity index (χ4n) is 3.01. The number of anilines is 1. The van der Waals surface area contributed by atoms with E-state index in [0.29, 0.717) is 31.0 Å². The van der Waals surface area contributed by atoms with Crippen LogP contribution in [0.5, 0.6) is 5.75 Å². The van der Waals surface area contributed by atoms with Gasteiger partial charge in [-0.2, -0.15) is 5.26 Å². The Morgan fingerprint density at radius 3 is 2.70 bits per heavy atom. The maximum absolute atomic E-state index is 12.7. The number of rotatable bonds is 3. The number of benzene rings is 1. The minimum absolute atomic E-state index is 0.129. The lowest BCUT2D eigenvalue weighted by molar-refractivity contribution is -0.131. The van der Waals surface area contributed by atoms with E-state index in [9.17, 15) is 15.2 Å². The summed E-state index contributed by atoms with van der Waals surface area (Å²) in [6, 6.07) is 7.18. The van der Waals surface area contributed by atoms with E-state index >= 15 is 0 Å². The molecular weight excluding hydrogens is 252 g/mol. The number of hydrogen-bond acceptors (Lipinski definition) is 3. The standard InChI is InChI=1S/C16H20N2O2/c1-4-18(14-7-13(19)6-5-12(14)3)15(20)16(10-17)8-11(2)9-16/h5-7,11,19H,4,8-9H2,1-3H3. The minimum atomic E-state index is -0.882. The van der Waals surface area contributed by atoms with Crippen LogP contribution in [0.4, 0.5) is 5.69 Å². The van der Waals surface area contributed by atoms with Gasteiger partial charge in [-0.05, 0) is 44.2 Å². The third-order valence-electron chi connectivity index (χ3n) is 4.06. The number of carbonyl (C=O) groups is 1. The number of phenolic OH excluding ortho intramolecular Hbond substituents is 1. The number of aromatic hydroxyl groups is 1. The van der Waals surface area contributed by atoms with Crippen molar-refractivity contribution >= 4 is 11.6 Å². The Balaban J connectivity index is 2.36. The molecule has 1 aliphatic rings. The molecule has 0 aromatic heterocycles. The molecule has 0 aliphatic heterocycles. The smallest absolute Gasteiger partial charge is 0.247 e. The van der Waals surface area contributed by atoms with Crippen LogP contribution in [0.2, 0.25) is 0 Å². The molecule has 0 saturated heterocycles. The topological polar surface area (TPSA) is 64.3 Å². The van der Waals surface area contributed by atoms with Crippen LogP contribution in [0.3, 0.4) is 0 Å². The zero-order valence-electron chi connectivity index (χ0n) is 12.2. The van der Waals surface area contributed by atoms with Gasteiger partial charge in [0.15, 0.2) is 0 Å². The summed E-state index contributed by atoms with van der Waals surface area (Å²) in [5.41, 5.74) is 0.720. The highest BCUT2D eigenvalue weighted by molar-refractivity contribution is 6.00. The maximum atomic E-state index is 12.7. The lowest BCUT2D eigenvalue weighted by atomic mass is 9.62. The van der Waals surface area contributed by atoms with Gasteiger partial charge in [0, 0.05) is 12.6 Å². The first kappa shape index (κ1) is 14.4. The van der Waals surface area contributed by atoms with Gasteiger partial charge in [-0.1, -0.05) is 13.0 Å². The van der Waals surface area contributed by atoms with E-state index in [4.69, 9.17) is 0 Å². The average Bonchev–Trinajstić information content (AvgIpc) is 2.39. The van der Waals surface area contributed by atoms with Crippen molar-refractivity contribution in [2.24, 2.45) is 11.3 Å². The van der Waals surface area contributed by atoms with Crippen molar-refractivity contribution in [3.05, 3.63) is 23.8 Å². The molecule has 1 aliphatic carbocycles. The summed E-state index contributed by atoms with van der Waals surface area (Å²) in [4.78, 5) is 14.4. The first-order valence-electron chi connectivity index (χ1n) is 6.96. The van der Waals surface area contributed by atoms with Crippen LogP contribution in [0.25, 0.3) is 0 Å². The van der Waals surface area contributed by atoms with E-state index in [0.717, 1.165) is 5.56 Å². The highest BCUT2D eigenvalue weighted by Gasteiger charge is 2.50. The molecular formula is C16H20N2O2. The van der Waals surface area contributed by atoms with Gasteiger partial charge >= 0.3 is 0 Å². The number of aryl methyl sites for hydroxylation is 1. The molecule has 1 aromatic rings. The fraction of sp³-hybridized carbons (Fsp3) is 0.500. The number of nitriles is 1. The van der Waals surface area contributed by atoms with Crippen LogP contribution in [0.1, 0.15) is 32.3 Å². The van der Waals surface area contributed by atoms with Crippen LogP contribution in [-0.4, -0.2) is 17.6 Å². The minimum Gasteiger partial charge on any atom is -0.508 e. The molecule has 2 rings (SSSR count). The Bertz CT molecular complexity index is 568. The normalized spacial score (nSPS) is 24.6. The van der Waals surface area contributed by atoms with Crippen LogP contribution in [0, 0.1) is 29.6 Å². The van der Waals surface area contributed by atoms with Crippen molar-refractivity contribution < 1.29 is 9.90 Å². The number of nitrogens with zero attached hydrogens (tertiary/aromatic N) is 2. The summed E-state index contributed by atoms with van der Waals surface area (Å²) in [6.45, 7) is 6.32. The number of amides is 1. The van der Waals surface area contributed by atoms with Crippen molar-refractivity contribution in [1.82, 2.24) is 0 Å². The molecule has 1 N–H and O–H groups in total. The Labute approximate surface area is 119 Å². The molecule has 0 radical (unpaired) electrons. The highest BCUT2D eigenvalue weighted by atomic mass is 16.3. The second kappa shape index (κ2) is 5.16. The second-order valence-corrected chi connectivity index (χ2v) is 5.73. The van der Waals surface area contributed by atoms with Gasteiger partial charge in [0.25, 0.3) is 0 Å². The third kappa shape index (κ3) is 2.24. The maximum Gasteiger partial charge on any atom is 0.247 e. The van der Waals surface area contributed by atoms with E-state index in [1.807, 2.05) is 13.8 Å². The van der Waals surface area contributed by atoms with E-state index in [1.54, 1.807) is 23.1 Å². The lowest BCUT2D eigenvalue weighted by Crippen LogP contribution is -2.50. The van der Waals surface area contributed by atoms with Crippen LogP contribution < -0.4 is 4.90 Å². The first-order chi connectivity index (χ1) is 9.43. The molecule has 1 amide bonds. The van der Waals surface area contributed by atoms with Gasteiger partial charge < -0.3 is 10.0 Å². The van der Waals surface area contributed by atoms with E-state index in [-0.39, 0.29) is 11.7 Å². The Kier molecular flexibility index (Phi) is 3.71. The van der Waals surface area contributed by atoms with Gasteiger partial charge in [0.05, 0.1) is 11.8 Å².